The quantitative estimate of drug-likeness (QED) is 0.545. The summed E-state index contributed by atoms with van der Waals surface area (Å²) in [6, 6.07) is 14.5. The molecule has 4 rings (SSSR count). The Kier molecular flexibility index (Phi) is 2.84. The van der Waals surface area contributed by atoms with Crippen molar-refractivity contribution in [3.05, 3.63) is 74.9 Å². The van der Waals surface area contributed by atoms with E-state index in [1.54, 1.807) is 30.3 Å². The zero-order valence-electron chi connectivity index (χ0n) is 12.3. The molecule has 0 unspecified atom stereocenters. The summed E-state index contributed by atoms with van der Waals surface area (Å²) in [4.78, 5) is 27.7. The van der Waals surface area contributed by atoms with Gasteiger partial charge in [-0.2, -0.15) is 0 Å². The minimum Gasteiger partial charge on any atom is -0.306 e. The summed E-state index contributed by atoms with van der Waals surface area (Å²) in [6.45, 7) is 1.96. The third-order valence-electron chi connectivity index (χ3n) is 3.80. The molecule has 0 saturated carbocycles. The van der Waals surface area contributed by atoms with Crippen LogP contribution in [0.5, 0.6) is 0 Å². The van der Waals surface area contributed by atoms with E-state index in [0.29, 0.717) is 16.5 Å². The third-order valence-corrected chi connectivity index (χ3v) is 3.80. The van der Waals surface area contributed by atoms with E-state index in [1.165, 1.54) is 0 Å². The Balaban J connectivity index is 2.12. The molecule has 0 aliphatic rings. The highest BCUT2D eigenvalue weighted by atomic mass is 16.2. The smallest absolute Gasteiger partial charge is 0.306 e. The maximum absolute atomic E-state index is 12.7. The van der Waals surface area contributed by atoms with Crippen LogP contribution in [0.25, 0.3) is 27.8 Å². The van der Waals surface area contributed by atoms with Crippen molar-refractivity contribution >= 4 is 16.6 Å². The molecule has 112 valence electrons. The number of aryl methyl sites for hydroxylation is 1. The van der Waals surface area contributed by atoms with Crippen LogP contribution in [0.3, 0.4) is 0 Å². The van der Waals surface area contributed by atoms with Gasteiger partial charge in [-0.05, 0) is 19.1 Å². The number of benzene rings is 2. The van der Waals surface area contributed by atoms with Gasteiger partial charge >= 0.3 is 5.69 Å². The maximum Gasteiger partial charge on any atom is 0.334 e. The molecule has 0 bridgehead atoms. The Morgan fingerprint density at radius 2 is 1.70 bits per heavy atom. The molecule has 0 spiro atoms. The molecule has 4 aromatic rings. The fourth-order valence-corrected chi connectivity index (χ4v) is 2.60. The highest BCUT2D eigenvalue weighted by Gasteiger charge is 2.13. The van der Waals surface area contributed by atoms with Gasteiger partial charge in [0.05, 0.1) is 5.52 Å². The van der Waals surface area contributed by atoms with Gasteiger partial charge in [-0.15, -0.1) is 10.2 Å². The topological polar surface area (TPSA) is 80.1 Å². The molecule has 0 fully saturated rings. The Labute approximate surface area is 130 Å². The number of H-pyrrole nitrogens is 1. The van der Waals surface area contributed by atoms with Crippen molar-refractivity contribution < 1.29 is 0 Å². The van der Waals surface area contributed by atoms with Gasteiger partial charge in [-0.25, -0.2) is 9.20 Å². The molecule has 2 heterocycles. The van der Waals surface area contributed by atoms with Crippen molar-refractivity contribution in [1.29, 1.82) is 0 Å². The van der Waals surface area contributed by atoms with Crippen molar-refractivity contribution in [2.75, 3.05) is 0 Å². The van der Waals surface area contributed by atoms with E-state index < -0.39 is 11.2 Å². The zero-order chi connectivity index (χ0) is 16.0. The predicted molar refractivity (Wildman–Crippen MR) is 87.6 cm³/mol. The SMILES string of the molecule is Cc1ccc(-c2nnc3c4ccccc4[nH]c(=O)n3c2=O)cc1. The minimum atomic E-state index is -0.521. The van der Waals surface area contributed by atoms with Crippen LogP contribution < -0.4 is 11.2 Å². The van der Waals surface area contributed by atoms with E-state index in [2.05, 4.69) is 15.2 Å². The van der Waals surface area contributed by atoms with Crippen LogP contribution in [0.15, 0.2) is 58.1 Å². The summed E-state index contributed by atoms with van der Waals surface area (Å²) in [5, 5.41) is 8.86. The average molecular weight is 304 g/mol. The van der Waals surface area contributed by atoms with Crippen molar-refractivity contribution in [3.8, 4) is 11.3 Å². The Hall–Kier alpha value is -3.28. The minimum absolute atomic E-state index is 0.156. The summed E-state index contributed by atoms with van der Waals surface area (Å²) in [5.74, 6) is 0. The number of nitrogens with zero attached hydrogens (tertiary/aromatic N) is 3. The Bertz CT molecular complexity index is 1160. The second-order valence-corrected chi connectivity index (χ2v) is 5.35. The van der Waals surface area contributed by atoms with Gasteiger partial charge in [0, 0.05) is 10.9 Å². The third kappa shape index (κ3) is 2.03. The highest BCUT2D eigenvalue weighted by Crippen LogP contribution is 2.16. The molecule has 0 atom stereocenters. The lowest BCUT2D eigenvalue weighted by Crippen LogP contribution is -2.31. The number of aromatic nitrogens is 4. The van der Waals surface area contributed by atoms with Crippen molar-refractivity contribution in [2.24, 2.45) is 0 Å². The van der Waals surface area contributed by atoms with Gasteiger partial charge in [-0.3, -0.25) is 4.79 Å². The molecule has 6 nitrogen and oxygen atoms in total. The van der Waals surface area contributed by atoms with Crippen LogP contribution >= 0.6 is 0 Å². The molecule has 6 heteroatoms. The summed E-state index contributed by atoms with van der Waals surface area (Å²) in [6.07, 6.45) is 0. The number of para-hydroxylation sites is 1. The fraction of sp³-hybridized carbons (Fsp3) is 0.0588. The highest BCUT2D eigenvalue weighted by molar-refractivity contribution is 5.90. The van der Waals surface area contributed by atoms with Gasteiger partial charge in [0.2, 0.25) is 0 Å². The molecular weight excluding hydrogens is 292 g/mol. The van der Waals surface area contributed by atoms with Crippen LogP contribution in [0.4, 0.5) is 0 Å². The van der Waals surface area contributed by atoms with Gasteiger partial charge < -0.3 is 4.98 Å². The van der Waals surface area contributed by atoms with Gasteiger partial charge in [0.25, 0.3) is 5.56 Å². The summed E-state index contributed by atoms with van der Waals surface area (Å²) in [7, 11) is 0. The number of hydrogen-bond acceptors (Lipinski definition) is 4. The molecule has 0 saturated heterocycles. The number of aromatic amines is 1. The molecule has 0 amide bonds. The van der Waals surface area contributed by atoms with Crippen LogP contribution in [0, 0.1) is 6.92 Å². The van der Waals surface area contributed by atoms with Gasteiger partial charge in [-0.1, -0.05) is 42.0 Å². The molecule has 0 radical (unpaired) electrons. The number of hydrogen-bond donors (Lipinski definition) is 1. The Morgan fingerprint density at radius 1 is 0.957 bits per heavy atom. The first kappa shape index (κ1) is 13.4. The monoisotopic (exact) mass is 304 g/mol. The number of nitrogens with one attached hydrogen (secondary N) is 1. The summed E-state index contributed by atoms with van der Waals surface area (Å²) >= 11 is 0. The van der Waals surface area contributed by atoms with Crippen LogP contribution in [-0.2, 0) is 0 Å². The molecule has 23 heavy (non-hydrogen) atoms. The lowest BCUT2D eigenvalue weighted by molar-refractivity contribution is 0.896. The standard InChI is InChI=1S/C17H12N4O2/c1-10-6-8-11(9-7-10)14-16(22)21-15(20-19-14)12-4-2-3-5-13(12)18-17(21)23/h2-9H,1H3,(H,18,23). The zero-order valence-corrected chi connectivity index (χ0v) is 12.3. The summed E-state index contributed by atoms with van der Waals surface area (Å²) in [5.41, 5.74) is 1.74. The summed E-state index contributed by atoms with van der Waals surface area (Å²) < 4.78 is 1.03. The van der Waals surface area contributed by atoms with Gasteiger partial charge in [0.15, 0.2) is 11.3 Å². The lowest BCUT2D eigenvalue weighted by Gasteiger charge is -2.05. The van der Waals surface area contributed by atoms with Crippen molar-refractivity contribution in [2.45, 2.75) is 6.92 Å². The largest absolute Gasteiger partial charge is 0.334 e. The van der Waals surface area contributed by atoms with E-state index in [1.807, 2.05) is 25.1 Å². The molecule has 2 aromatic heterocycles. The molecule has 0 aliphatic carbocycles. The van der Waals surface area contributed by atoms with E-state index in [4.69, 9.17) is 0 Å². The first-order valence-corrected chi connectivity index (χ1v) is 7.12. The maximum atomic E-state index is 12.7. The molecular formula is C17H12N4O2. The molecule has 2 aromatic carbocycles. The van der Waals surface area contributed by atoms with E-state index in [-0.39, 0.29) is 11.3 Å². The first-order chi connectivity index (χ1) is 11.1. The van der Waals surface area contributed by atoms with E-state index in [0.717, 1.165) is 9.96 Å². The van der Waals surface area contributed by atoms with Crippen molar-refractivity contribution in [1.82, 2.24) is 19.6 Å². The van der Waals surface area contributed by atoms with E-state index >= 15 is 0 Å². The molecule has 1 N–H and O–H groups in total. The van der Waals surface area contributed by atoms with E-state index in [9.17, 15) is 9.59 Å². The van der Waals surface area contributed by atoms with Crippen LogP contribution in [0.2, 0.25) is 0 Å². The number of rotatable bonds is 1. The predicted octanol–water partition coefficient (Wildman–Crippen LogP) is 1.91. The number of fused-ring (bicyclic) bond motifs is 3. The Morgan fingerprint density at radius 3 is 2.48 bits per heavy atom. The van der Waals surface area contributed by atoms with Crippen LogP contribution in [-0.4, -0.2) is 19.6 Å². The molecule has 0 aliphatic heterocycles. The second-order valence-electron chi connectivity index (χ2n) is 5.35. The first-order valence-electron chi connectivity index (χ1n) is 7.12. The average Bonchev–Trinajstić information content (AvgIpc) is 2.56. The normalized spacial score (nSPS) is 11.2. The fourth-order valence-electron chi connectivity index (χ4n) is 2.60. The lowest BCUT2D eigenvalue weighted by atomic mass is 10.1. The van der Waals surface area contributed by atoms with Crippen molar-refractivity contribution in [3.63, 3.8) is 0 Å². The van der Waals surface area contributed by atoms with Gasteiger partial charge in [0.1, 0.15) is 0 Å². The van der Waals surface area contributed by atoms with Crippen LogP contribution in [0.1, 0.15) is 5.56 Å². The second kappa shape index (κ2) is 4.88.